The van der Waals surface area contributed by atoms with E-state index in [4.69, 9.17) is 4.74 Å². The summed E-state index contributed by atoms with van der Waals surface area (Å²) in [4.78, 5) is 14.7. The lowest BCUT2D eigenvalue weighted by Gasteiger charge is -2.32. The average Bonchev–Trinajstić information content (AvgIpc) is 3.27. The Morgan fingerprint density at radius 1 is 1.45 bits per heavy atom. The van der Waals surface area contributed by atoms with Gasteiger partial charge < -0.3 is 9.64 Å². The molecule has 2 saturated heterocycles. The minimum atomic E-state index is 0.0695. The number of nitrogens with zero attached hydrogens (tertiary/aromatic N) is 3. The van der Waals surface area contributed by atoms with E-state index in [1.165, 1.54) is 0 Å². The quantitative estimate of drug-likeness (QED) is 0.871. The number of aromatic nitrogens is 2. The molecule has 2 aliphatic rings. The van der Waals surface area contributed by atoms with Crippen LogP contribution in [0.5, 0.6) is 0 Å². The second-order valence-corrected chi connectivity index (χ2v) is 6.73. The highest BCUT2D eigenvalue weighted by atomic mass is 32.1. The van der Waals surface area contributed by atoms with E-state index in [0.29, 0.717) is 13.0 Å². The Morgan fingerprint density at radius 3 is 3.18 bits per heavy atom. The Morgan fingerprint density at radius 2 is 2.41 bits per heavy atom. The minimum absolute atomic E-state index is 0.0695. The van der Waals surface area contributed by atoms with E-state index in [0.717, 1.165) is 25.0 Å². The minimum Gasteiger partial charge on any atom is -0.374 e. The van der Waals surface area contributed by atoms with E-state index in [1.54, 1.807) is 17.5 Å². The first kappa shape index (κ1) is 14.0. The van der Waals surface area contributed by atoms with Crippen LogP contribution in [0, 0.1) is 0 Å². The first-order valence-corrected chi connectivity index (χ1v) is 8.68. The van der Waals surface area contributed by atoms with Crippen molar-refractivity contribution in [3.8, 4) is 0 Å². The zero-order chi connectivity index (χ0) is 14.9. The topological polar surface area (TPSA) is 47.4 Å². The van der Waals surface area contributed by atoms with Crippen LogP contribution >= 0.6 is 11.3 Å². The van der Waals surface area contributed by atoms with Gasteiger partial charge in [-0.2, -0.15) is 16.4 Å². The second kappa shape index (κ2) is 5.85. The van der Waals surface area contributed by atoms with Crippen LogP contribution in [-0.2, 0) is 16.0 Å². The van der Waals surface area contributed by atoms with Crippen molar-refractivity contribution >= 4 is 17.2 Å². The number of amides is 1. The van der Waals surface area contributed by atoms with Crippen molar-refractivity contribution in [2.24, 2.45) is 0 Å². The van der Waals surface area contributed by atoms with Crippen molar-refractivity contribution in [3.05, 3.63) is 40.8 Å². The number of fused-ring (bicyclic) bond motifs is 1. The summed E-state index contributed by atoms with van der Waals surface area (Å²) in [6.45, 7) is 1.48. The fourth-order valence-corrected chi connectivity index (χ4v) is 4.26. The summed E-state index contributed by atoms with van der Waals surface area (Å²) in [5.41, 5.74) is 1.10. The Hall–Kier alpha value is -1.66. The first-order valence-electron chi connectivity index (χ1n) is 7.74. The molecular weight excluding hydrogens is 298 g/mol. The van der Waals surface area contributed by atoms with Crippen LogP contribution in [0.15, 0.2) is 35.3 Å². The van der Waals surface area contributed by atoms with Crippen LogP contribution in [0.2, 0.25) is 0 Å². The summed E-state index contributed by atoms with van der Waals surface area (Å²) < 4.78 is 7.95. The van der Waals surface area contributed by atoms with Crippen LogP contribution < -0.4 is 0 Å². The molecule has 2 aliphatic heterocycles. The molecular formula is C16H19N3O2S. The van der Waals surface area contributed by atoms with Gasteiger partial charge in [0.2, 0.25) is 5.91 Å². The van der Waals surface area contributed by atoms with Crippen molar-refractivity contribution in [1.29, 1.82) is 0 Å². The zero-order valence-electron chi connectivity index (χ0n) is 12.3. The highest BCUT2D eigenvalue weighted by molar-refractivity contribution is 7.07. The molecule has 0 bridgehead atoms. The van der Waals surface area contributed by atoms with Crippen molar-refractivity contribution in [3.63, 3.8) is 0 Å². The van der Waals surface area contributed by atoms with Gasteiger partial charge in [-0.25, -0.2) is 0 Å². The van der Waals surface area contributed by atoms with Gasteiger partial charge in [0.15, 0.2) is 0 Å². The van der Waals surface area contributed by atoms with E-state index >= 15 is 0 Å². The number of hydrogen-bond acceptors (Lipinski definition) is 4. The number of thiophene rings is 1. The molecule has 22 heavy (non-hydrogen) atoms. The molecule has 0 saturated carbocycles. The van der Waals surface area contributed by atoms with Gasteiger partial charge in [0, 0.05) is 25.5 Å². The molecule has 0 unspecified atom stereocenters. The molecule has 2 aromatic rings. The second-order valence-electron chi connectivity index (χ2n) is 5.95. The molecule has 0 N–H and O–H groups in total. The number of carbonyl (C=O) groups excluding carboxylic acids is 1. The summed E-state index contributed by atoms with van der Waals surface area (Å²) in [5.74, 6) is 0.202. The Balaban J connectivity index is 1.55. The summed E-state index contributed by atoms with van der Waals surface area (Å²) in [5, 5.41) is 8.43. The summed E-state index contributed by atoms with van der Waals surface area (Å²) in [6.07, 6.45) is 6.35. The molecule has 2 fully saturated rings. The fraction of sp³-hybridized carbons (Fsp3) is 0.500. The molecule has 0 aromatic carbocycles. The van der Waals surface area contributed by atoms with E-state index in [1.807, 2.05) is 38.7 Å². The maximum Gasteiger partial charge on any atom is 0.227 e. The van der Waals surface area contributed by atoms with Crippen LogP contribution in [0.1, 0.15) is 24.4 Å². The lowest BCUT2D eigenvalue weighted by molar-refractivity contribution is -0.133. The van der Waals surface area contributed by atoms with E-state index < -0.39 is 0 Å². The molecule has 1 amide bonds. The van der Waals surface area contributed by atoms with Crippen LogP contribution in [0.4, 0.5) is 0 Å². The molecule has 2 aromatic heterocycles. The van der Waals surface area contributed by atoms with E-state index in [9.17, 15) is 4.79 Å². The Kier molecular flexibility index (Phi) is 3.72. The van der Waals surface area contributed by atoms with Gasteiger partial charge >= 0.3 is 0 Å². The number of likely N-dealkylation sites (tertiary alicyclic amines) is 1. The highest BCUT2D eigenvalue weighted by Gasteiger charge is 2.46. The molecule has 116 valence electrons. The molecule has 6 heteroatoms. The van der Waals surface area contributed by atoms with Gasteiger partial charge in [-0.1, -0.05) is 0 Å². The van der Waals surface area contributed by atoms with Crippen molar-refractivity contribution in [1.82, 2.24) is 14.7 Å². The molecule has 0 aliphatic carbocycles. The number of ether oxygens (including phenoxy) is 1. The number of carbonyl (C=O) groups is 1. The first-order chi connectivity index (χ1) is 10.8. The molecule has 3 atom stereocenters. The van der Waals surface area contributed by atoms with Crippen molar-refractivity contribution < 1.29 is 9.53 Å². The lowest BCUT2D eigenvalue weighted by atomic mass is 10.0. The van der Waals surface area contributed by atoms with Gasteiger partial charge in [0.05, 0.1) is 18.5 Å². The molecule has 4 heterocycles. The summed E-state index contributed by atoms with van der Waals surface area (Å²) in [7, 11) is 0. The molecule has 4 rings (SSSR count). The Bertz CT molecular complexity index is 626. The smallest absolute Gasteiger partial charge is 0.227 e. The predicted molar refractivity (Wildman–Crippen MR) is 83.8 cm³/mol. The van der Waals surface area contributed by atoms with Gasteiger partial charge in [-0.3, -0.25) is 9.48 Å². The largest absolute Gasteiger partial charge is 0.374 e. The molecule has 0 spiro atoms. The zero-order valence-corrected chi connectivity index (χ0v) is 13.1. The summed E-state index contributed by atoms with van der Waals surface area (Å²) in [6, 6.07) is 4.27. The predicted octanol–water partition coefficient (Wildman–Crippen LogP) is 2.12. The fourth-order valence-electron chi connectivity index (χ4n) is 3.60. The third-order valence-corrected chi connectivity index (χ3v) is 5.35. The molecule has 0 radical (unpaired) electrons. The third-order valence-electron chi connectivity index (χ3n) is 4.62. The van der Waals surface area contributed by atoms with Gasteiger partial charge in [0.25, 0.3) is 0 Å². The van der Waals surface area contributed by atoms with Crippen molar-refractivity contribution in [2.75, 3.05) is 13.2 Å². The van der Waals surface area contributed by atoms with Gasteiger partial charge in [-0.15, -0.1) is 0 Å². The number of hydrogen-bond donors (Lipinski definition) is 0. The summed E-state index contributed by atoms with van der Waals surface area (Å²) >= 11 is 1.64. The van der Waals surface area contributed by atoms with Crippen LogP contribution in [0.3, 0.4) is 0 Å². The average molecular weight is 317 g/mol. The van der Waals surface area contributed by atoms with Gasteiger partial charge in [-0.05, 0) is 41.3 Å². The van der Waals surface area contributed by atoms with Crippen LogP contribution in [-0.4, -0.2) is 45.9 Å². The van der Waals surface area contributed by atoms with E-state index in [-0.39, 0.29) is 24.1 Å². The monoisotopic (exact) mass is 317 g/mol. The normalized spacial score (nSPS) is 27.8. The molecule has 5 nitrogen and oxygen atoms in total. The lowest BCUT2D eigenvalue weighted by Crippen LogP contribution is -2.43. The highest BCUT2D eigenvalue weighted by Crippen LogP contribution is 2.35. The SMILES string of the molecule is O=C(Cc1ccsc1)N1C[C@H](n2cccn2)[C@@H]2OCCC[C@@H]21. The van der Waals surface area contributed by atoms with Gasteiger partial charge in [0.1, 0.15) is 6.10 Å². The van der Waals surface area contributed by atoms with E-state index in [2.05, 4.69) is 5.10 Å². The standard InChI is InChI=1S/C16H19N3O2S/c20-15(9-12-4-8-22-11-12)18-10-14(19-6-2-5-17-19)16-13(18)3-1-7-21-16/h2,4-6,8,11,13-14,16H,1,3,7,9-10H2/t13-,14-,16+/m0/s1. The maximum atomic E-state index is 12.7. The van der Waals surface area contributed by atoms with Crippen molar-refractivity contribution in [2.45, 2.75) is 37.5 Å². The number of rotatable bonds is 3. The Labute approximate surface area is 133 Å². The third kappa shape index (κ3) is 2.46. The maximum absolute atomic E-state index is 12.7. The van der Waals surface area contributed by atoms with Crippen LogP contribution in [0.25, 0.3) is 0 Å².